The minimum atomic E-state index is -4.72. The standard InChI is InChI=1S/C13H14F3N3O/c1-17-12(10-7-19(2)8-18-10)9-5-3-4-6-11(9)20-13(14,15)16/h3-8,12,17H,1-2H3. The van der Waals surface area contributed by atoms with Crippen LogP contribution in [0.3, 0.4) is 0 Å². The summed E-state index contributed by atoms with van der Waals surface area (Å²) < 4.78 is 43.1. The first kappa shape index (κ1) is 14.4. The average Bonchev–Trinajstić information content (AvgIpc) is 2.77. The van der Waals surface area contributed by atoms with E-state index < -0.39 is 12.4 Å². The number of rotatable bonds is 4. The molecule has 0 radical (unpaired) electrons. The van der Waals surface area contributed by atoms with E-state index in [1.54, 1.807) is 43.3 Å². The number of aromatic nitrogens is 2. The highest BCUT2D eigenvalue weighted by Gasteiger charge is 2.33. The quantitative estimate of drug-likeness (QED) is 0.938. The topological polar surface area (TPSA) is 39.1 Å². The molecule has 1 aromatic heterocycles. The van der Waals surface area contributed by atoms with Crippen molar-refractivity contribution in [3.05, 3.63) is 48.0 Å². The van der Waals surface area contributed by atoms with Crippen molar-refractivity contribution in [2.75, 3.05) is 7.05 Å². The largest absolute Gasteiger partial charge is 0.573 e. The Balaban J connectivity index is 2.39. The fraction of sp³-hybridized carbons (Fsp3) is 0.308. The number of aryl methyl sites for hydroxylation is 1. The Morgan fingerprint density at radius 2 is 2.00 bits per heavy atom. The summed E-state index contributed by atoms with van der Waals surface area (Å²) in [5.74, 6) is -0.231. The zero-order chi connectivity index (χ0) is 14.8. The highest BCUT2D eigenvalue weighted by atomic mass is 19.4. The van der Waals surface area contributed by atoms with Crippen LogP contribution in [0, 0.1) is 0 Å². The first-order valence-electron chi connectivity index (χ1n) is 5.90. The van der Waals surface area contributed by atoms with Crippen LogP contribution in [0.5, 0.6) is 5.75 Å². The molecule has 1 heterocycles. The number of benzene rings is 1. The van der Waals surface area contributed by atoms with E-state index >= 15 is 0 Å². The SMILES string of the molecule is CNC(c1cn(C)cn1)c1ccccc1OC(F)(F)F. The van der Waals surface area contributed by atoms with E-state index in [0.717, 1.165) is 0 Å². The van der Waals surface area contributed by atoms with Gasteiger partial charge in [-0.05, 0) is 13.1 Å². The van der Waals surface area contributed by atoms with E-state index in [9.17, 15) is 13.2 Å². The van der Waals surface area contributed by atoms with E-state index in [4.69, 9.17) is 0 Å². The average molecular weight is 285 g/mol. The van der Waals surface area contributed by atoms with Gasteiger partial charge in [0.15, 0.2) is 0 Å². The Morgan fingerprint density at radius 3 is 2.55 bits per heavy atom. The third-order valence-corrected chi connectivity index (χ3v) is 2.76. The minimum absolute atomic E-state index is 0.231. The van der Waals surface area contributed by atoms with Gasteiger partial charge in [0.2, 0.25) is 0 Å². The van der Waals surface area contributed by atoms with Gasteiger partial charge in [-0.3, -0.25) is 0 Å². The zero-order valence-electron chi connectivity index (χ0n) is 11.0. The summed E-state index contributed by atoms with van der Waals surface area (Å²) in [6.45, 7) is 0. The molecular weight excluding hydrogens is 271 g/mol. The fourth-order valence-corrected chi connectivity index (χ4v) is 1.98. The fourth-order valence-electron chi connectivity index (χ4n) is 1.98. The van der Waals surface area contributed by atoms with Gasteiger partial charge >= 0.3 is 6.36 Å². The molecule has 1 atom stereocenters. The van der Waals surface area contributed by atoms with Crippen LogP contribution in [-0.2, 0) is 7.05 Å². The molecule has 20 heavy (non-hydrogen) atoms. The van der Waals surface area contributed by atoms with E-state index in [1.165, 1.54) is 12.1 Å². The second kappa shape index (κ2) is 5.54. The summed E-state index contributed by atoms with van der Waals surface area (Å²) in [4.78, 5) is 4.16. The number of nitrogens with zero attached hydrogens (tertiary/aromatic N) is 2. The first-order valence-corrected chi connectivity index (χ1v) is 5.90. The van der Waals surface area contributed by atoms with Crippen molar-refractivity contribution < 1.29 is 17.9 Å². The number of ether oxygens (including phenoxy) is 1. The Labute approximate surface area is 114 Å². The van der Waals surface area contributed by atoms with Gasteiger partial charge in [-0.2, -0.15) is 0 Å². The second-order valence-corrected chi connectivity index (χ2v) is 4.27. The summed E-state index contributed by atoms with van der Waals surface area (Å²) in [7, 11) is 3.45. The van der Waals surface area contributed by atoms with Gasteiger partial charge in [-0.1, -0.05) is 18.2 Å². The lowest BCUT2D eigenvalue weighted by molar-refractivity contribution is -0.275. The summed E-state index contributed by atoms with van der Waals surface area (Å²) in [5.41, 5.74) is 0.999. The van der Waals surface area contributed by atoms with Crippen LogP contribution in [0.25, 0.3) is 0 Å². The lowest BCUT2D eigenvalue weighted by Gasteiger charge is -2.19. The molecule has 4 nitrogen and oxygen atoms in total. The van der Waals surface area contributed by atoms with Gasteiger partial charge in [0.1, 0.15) is 5.75 Å². The maximum Gasteiger partial charge on any atom is 0.573 e. The molecule has 0 aliphatic heterocycles. The molecule has 0 saturated carbocycles. The Bertz CT molecular complexity index is 580. The number of nitrogens with one attached hydrogen (secondary N) is 1. The molecule has 0 aliphatic rings. The number of alkyl halides is 3. The Kier molecular flexibility index (Phi) is 3.99. The van der Waals surface area contributed by atoms with Crippen molar-refractivity contribution >= 4 is 0 Å². The Hall–Kier alpha value is -2.02. The molecule has 2 rings (SSSR count). The summed E-state index contributed by atoms with van der Waals surface area (Å²) in [5, 5.41) is 2.95. The van der Waals surface area contributed by atoms with Crippen LogP contribution in [0.1, 0.15) is 17.3 Å². The van der Waals surface area contributed by atoms with Crippen molar-refractivity contribution in [2.45, 2.75) is 12.4 Å². The van der Waals surface area contributed by atoms with Gasteiger partial charge < -0.3 is 14.6 Å². The van der Waals surface area contributed by atoms with Crippen LogP contribution in [0.2, 0.25) is 0 Å². The van der Waals surface area contributed by atoms with Gasteiger partial charge in [0.25, 0.3) is 0 Å². The number of hydrogen-bond acceptors (Lipinski definition) is 3. The Morgan fingerprint density at radius 1 is 1.30 bits per heavy atom. The number of halogens is 3. The van der Waals surface area contributed by atoms with Crippen molar-refractivity contribution in [1.82, 2.24) is 14.9 Å². The van der Waals surface area contributed by atoms with E-state index in [0.29, 0.717) is 11.3 Å². The van der Waals surface area contributed by atoms with E-state index in [-0.39, 0.29) is 5.75 Å². The minimum Gasteiger partial charge on any atom is -0.405 e. The van der Waals surface area contributed by atoms with Gasteiger partial charge in [0.05, 0.1) is 18.1 Å². The molecule has 0 bridgehead atoms. The third-order valence-electron chi connectivity index (χ3n) is 2.76. The first-order chi connectivity index (χ1) is 9.40. The maximum absolute atomic E-state index is 12.4. The van der Waals surface area contributed by atoms with Crippen molar-refractivity contribution in [3.8, 4) is 5.75 Å². The normalized spacial score (nSPS) is 13.2. The molecule has 0 aliphatic carbocycles. The van der Waals surface area contributed by atoms with Crippen LogP contribution in [0.15, 0.2) is 36.8 Å². The molecule has 0 fully saturated rings. The van der Waals surface area contributed by atoms with Gasteiger partial charge in [-0.25, -0.2) is 4.98 Å². The maximum atomic E-state index is 12.4. The molecule has 0 spiro atoms. The predicted octanol–water partition coefficient (Wildman–Crippen LogP) is 2.63. The van der Waals surface area contributed by atoms with E-state index in [1.807, 2.05) is 0 Å². The molecule has 1 unspecified atom stereocenters. The monoisotopic (exact) mass is 285 g/mol. The molecule has 2 aromatic rings. The number of imidazole rings is 1. The zero-order valence-corrected chi connectivity index (χ0v) is 11.0. The summed E-state index contributed by atoms with van der Waals surface area (Å²) >= 11 is 0. The van der Waals surface area contributed by atoms with Crippen molar-refractivity contribution in [2.24, 2.45) is 7.05 Å². The van der Waals surface area contributed by atoms with Gasteiger partial charge in [0, 0.05) is 18.8 Å². The molecule has 108 valence electrons. The molecule has 0 amide bonds. The van der Waals surface area contributed by atoms with Crippen LogP contribution < -0.4 is 10.1 Å². The van der Waals surface area contributed by atoms with Gasteiger partial charge in [-0.15, -0.1) is 13.2 Å². The molecule has 7 heteroatoms. The van der Waals surface area contributed by atoms with Crippen LogP contribution in [0.4, 0.5) is 13.2 Å². The van der Waals surface area contributed by atoms with Crippen LogP contribution in [-0.4, -0.2) is 23.0 Å². The molecule has 1 aromatic carbocycles. The summed E-state index contributed by atoms with van der Waals surface area (Å²) in [6.07, 6.45) is -1.39. The number of hydrogen-bond donors (Lipinski definition) is 1. The highest BCUT2D eigenvalue weighted by molar-refractivity contribution is 5.39. The lowest BCUT2D eigenvalue weighted by atomic mass is 10.0. The molecule has 1 N–H and O–H groups in total. The predicted molar refractivity (Wildman–Crippen MR) is 67.2 cm³/mol. The smallest absolute Gasteiger partial charge is 0.405 e. The van der Waals surface area contributed by atoms with Crippen molar-refractivity contribution in [1.29, 1.82) is 0 Å². The van der Waals surface area contributed by atoms with Crippen molar-refractivity contribution in [3.63, 3.8) is 0 Å². The molecular formula is C13H14F3N3O. The molecule has 0 saturated heterocycles. The second-order valence-electron chi connectivity index (χ2n) is 4.27. The lowest BCUT2D eigenvalue weighted by Crippen LogP contribution is -2.22. The highest BCUT2D eigenvalue weighted by Crippen LogP contribution is 2.32. The number of para-hydroxylation sites is 1. The van der Waals surface area contributed by atoms with E-state index in [2.05, 4.69) is 15.0 Å². The van der Waals surface area contributed by atoms with Crippen LogP contribution >= 0.6 is 0 Å². The third kappa shape index (κ3) is 3.30. The summed E-state index contributed by atoms with van der Waals surface area (Å²) in [6, 6.07) is 5.55.